The summed E-state index contributed by atoms with van der Waals surface area (Å²) in [5.74, 6) is 0.825. The predicted octanol–water partition coefficient (Wildman–Crippen LogP) is 2.95. The van der Waals surface area contributed by atoms with Gasteiger partial charge in [0.2, 0.25) is 11.8 Å². The van der Waals surface area contributed by atoms with Crippen molar-refractivity contribution in [1.29, 1.82) is 0 Å². The highest BCUT2D eigenvalue weighted by atomic mass is 16.5. The number of rotatable bonds is 4. The first-order valence-electron chi connectivity index (χ1n) is 7.54. The number of nitrogens with zero attached hydrogens (tertiary/aromatic N) is 4. The number of hydrogen-bond donors (Lipinski definition) is 1. The van der Waals surface area contributed by atoms with Gasteiger partial charge in [0.15, 0.2) is 5.65 Å². The van der Waals surface area contributed by atoms with Crippen molar-refractivity contribution >= 4 is 11.6 Å². The average molecular weight is 317 g/mol. The average Bonchev–Trinajstić information content (AvgIpc) is 3.01. The smallest absolute Gasteiger partial charge is 0.240 e. The van der Waals surface area contributed by atoms with Crippen LogP contribution in [0.15, 0.2) is 66.9 Å². The normalized spacial score (nSPS) is 10.8. The minimum absolute atomic E-state index is 0.248. The first kappa shape index (κ1) is 14.2. The van der Waals surface area contributed by atoms with Gasteiger partial charge in [-0.3, -0.25) is 0 Å². The summed E-state index contributed by atoms with van der Waals surface area (Å²) in [6.45, 7) is 0.488. The summed E-state index contributed by atoms with van der Waals surface area (Å²) < 4.78 is 7.41. The molecule has 6 nitrogen and oxygen atoms in total. The second kappa shape index (κ2) is 6.00. The Morgan fingerprint density at radius 2 is 1.83 bits per heavy atom. The summed E-state index contributed by atoms with van der Waals surface area (Å²) in [5.41, 5.74) is 9.27. The first-order valence-corrected chi connectivity index (χ1v) is 7.54. The highest BCUT2D eigenvalue weighted by Crippen LogP contribution is 2.21. The van der Waals surface area contributed by atoms with Crippen molar-refractivity contribution in [3.63, 3.8) is 0 Å². The standard InChI is InChI=1S/C18H15N5O/c19-18-21-16-8-4-7-15(23(16)22-18)14-9-10-17(20-11-14)24-12-13-5-2-1-3-6-13/h1-11H,12H2,(H2,19,22). The highest BCUT2D eigenvalue weighted by Gasteiger charge is 2.08. The van der Waals surface area contributed by atoms with Crippen molar-refractivity contribution in [2.45, 2.75) is 6.61 Å². The van der Waals surface area contributed by atoms with E-state index < -0.39 is 0 Å². The summed E-state index contributed by atoms with van der Waals surface area (Å²) in [4.78, 5) is 8.53. The molecular weight excluding hydrogens is 302 g/mol. The minimum Gasteiger partial charge on any atom is -0.473 e. The van der Waals surface area contributed by atoms with Crippen LogP contribution in [0.5, 0.6) is 5.88 Å². The quantitative estimate of drug-likeness (QED) is 0.626. The molecule has 0 atom stereocenters. The van der Waals surface area contributed by atoms with Gasteiger partial charge in [0.25, 0.3) is 0 Å². The molecule has 0 aliphatic rings. The van der Waals surface area contributed by atoms with E-state index >= 15 is 0 Å². The number of pyridine rings is 2. The van der Waals surface area contributed by atoms with Crippen molar-refractivity contribution < 1.29 is 4.74 Å². The molecule has 0 aliphatic carbocycles. The van der Waals surface area contributed by atoms with Gasteiger partial charge in [0.1, 0.15) is 6.61 Å². The fourth-order valence-corrected chi connectivity index (χ4v) is 2.49. The molecule has 3 aromatic heterocycles. The summed E-state index contributed by atoms with van der Waals surface area (Å²) in [6, 6.07) is 19.5. The van der Waals surface area contributed by atoms with Gasteiger partial charge in [-0.2, -0.15) is 4.98 Å². The van der Waals surface area contributed by atoms with Gasteiger partial charge in [0.05, 0.1) is 5.69 Å². The molecule has 4 aromatic rings. The molecule has 0 fully saturated rings. The minimum atomic E-state index is 0.248. The van der Waals surface area contributed by atoms with Crippen molar-refractivity contribution in [2.75, 3.05) is 5.73 Å². The predicted molar refractivity (Wildman–Crippen MR) is 91.4 cm³/mol. The number of ether oxygens (including phenoxy) is 1. The topological polar surface area (TPSA) is 78.3 Å². The zero-order chi connectivity index (χ0) is 16.4. The molecule has 4 rings (SSSR count). The number of nitrogens with two attached hydrogens (primary N) is 1. The van der Waals surface area contributed by atoms with Crippen LogP contribution in [0.25, 0.3) is 16.9 Å². The lowest BCUT2D eigenvalue weighted by Crippen LogP contribution is -1.98. The number of benzene rings is 1. The van der Waals surface area contributed by atoms with Crippen LogP contribution in [0.4, 0.5) is 5.95 Å². The third kappa shape index (κ3) is 2.77. The fraction of sp³-hybridized carbons (Fsp3) is 0.0556. The van der Waals surface area contributed by atoms with E-state index in [1.54, 1.807) is 10.7 Å². The van der Waals surface area contributed by atoms with Gasteiger partial charge < -0.3 is 10.5 Å². The molecule has 6 heteroatoms. The molecule has 0 bridgehead atoms. The Labute approximate surface area is 138 Å². The molecule has 0 saturated carbocycles. The maximum absolute atomic E-state index is 5.71. The van der Waals surface area contributed by atoms with Crippen LogP contribution in [0, 0.1) is 0 Å². The lowest BCUT2D eigenvalue weighted by molar-refractivity contribution is 0.294. The van der Waals surface area contributed by atoms with E-state index in [2.05, 4.69) is 15.1 Å². The lowest BCUT2D eigenvalue weighted by atomic mass is 10.2. The summed E-state index contributed by atoms with van der Waals surface area (Å²) in [5, 5.41) is 4.21. The van der Waals surface area contributed by atoms with E-state index in [0.717, 1.165) is 16.8 Å². The van der Waals surface area contributed by atoms with Crippen LogP contribution in [0.3, 0.4) is 0 Å². The van der Waals surface area contributed by atoms with Gasteiger partial charge in [-0.1, -0.05) is 36.4 Å². The molecule has 0 radical (unpaired) electrons. The molecule has 24 heavy (non-hydrogen) atoms. The zero-order valence-electron chi connectivity index (χ0n) is 12.8. The van der Waals surface area contributed by atoms with Crippen LogP contribution in [-0.2, 0) is 6.61 Å². The second-order valence-corrected chi connectivity index (χ2v) is 5.31. The summed E-state index contributed by atoms with van der Waals surface area (Å²) in [7, 11) is 0. The van der Waals surface area contributed by atoms with Crippen molar-refractivity contribution in [3.8, 4) is 17.1 Å². The van der Waals surface area contributed by atoms with E-state index in [4.69, 9.17) is 10.5 Å². The largest absolute Gasteiger partial charge is 0.473 e. The molecular formula is C18H15N5O. The Morgan fingerprint density at radius 1 is 0.958 bits per heavy atom. The van der Waals surface area contributed by atoms with Crippen molar-refractivity contribution in [3.05, 3.63) is 72.4 Å². The molecule has 0 unspecified atom stereocenters. The van der Waals surface area contributed by atoms with Crippen LogP contribution in [-0.4, -0.2) is 19.6 Å². The van der Waals surface area contributed by atoms with Gasteiger partial charge >= 0.3 is 0 Å². The zero-order valence-corrected chi connectivity index (χ0v) is 12.8. The van der Waals surface area contributed by atoms with Crippen LogP contribution in [0.1, 0.15) is 5.56 Å². The summed E-state index contributed by atoms with van der Waals surface area (Å²) in [6.07, 6.45) is 1.76. The number of anilines is 1. The molecule has 118 valence electrons. The Balaban J connectivity index is 1.57. The molecule has 0 saturated heterocycles. The number of hydrogen-bond acceptors (Lipinski definition) is 5. The van der Waals surface area contributed by atoms with E-state index in [1.807, 2.05) is 60.7 Å². The maximum atomic E-state index is 5.71. The number of fused-ring (bicyclic) bond motifs is 1. The van der Waals surface area contributed by atoms with Gasteiger partial charge in [0, 0.05) is 17.8 Å². The Kier molecular flexibility index (Phi) is 3.55. The maximum Gasteiger partial charge on any atom is 0.240 e. The number of aromatic nitrogens is 4. The van der Waals surface area contributed by atoms with E-state index in [1.165, 1.54) is 0 Å². The second-order valence-electron chi connectivity index (χ2n) is 5.31. The SMILES string of the molecule is Nc1nc2cccc(-c3ccc(OCc4ccccc4)nc3)n2n1. The van der Waals surface area contributed by atoms with Crippen molar-refractivity contribution in [2.24, 2.45) is 0 Å². The van der Waals surface area contributed by atoms with Gasteiger partial charge in [-0.25, -0.2) is 9.50 Å². The number of nitrogen functional groups attached to an aromatic ring is 1. The highest BCUT2D eigenvalue weighted by molar-refractivity contribution is 5.62. The monoisotopic (exact) mass is 317 g/mol. The summed E-state index contributed by atoms with van der Waals surface area (Å²) >= 11 is 0. The lowest BCUT2D eigenvalue weighted by Gasteiger charge is -2.07. The fourth-order valence-electron chi connectivity index (χ4n) is 2.49. The molecule has 3 heterocycles. The Morgan fingerprint density at radius 3 is 2.62 bits per heavy atom. The van der Waals surface area contributed by atoms with Crippen LogP contribution >= 0.6 is 0 Å². The van der Waals surface area contributed by atoms with E-state index in [-0.39, 0.29) is 5.95 Å². The third-order valence-corrected chi connectivity index (χ3v) is 3.64. The molecule has 1 aromatic carbocycles. The molecule has 0 amide bonds. The molecule has 0 spiro atoms. The van der Waals surface area contributed by atoms with Gasteiger partial charge in [-0.05, 0) is 23.8 Å². The molecule has 0 aliphatic heterocycles. The van der Waals surface area contributed by atoms with Crippen molar-refractivity contribution in [1.82, 2.24) is 19.6 Å². The van der Waals surface area contributed by atoms with E-state index in [9.17, 15) is 0 Å². The van der Waals surface area contributed by atoms with Crippen LogP contribution in [0.2, 0.25) is 0 Å². The van der Waals surface area contributed by atoms with Gasteiger partial charge in [-0.15, -0.1) is 5.10 Å². The van der Waals surface area contributed by atoms with Crippen LogP contribution < -0.4 is 10.5 Å². The molecule has 2 N–H and O–H groups in total. The Hall–Kier alpha value is -3.41. The first-order chi connectivity index (χ1) is 11.8. The van der Waals surface area contributed by atoms with E-state index in [0.29, 0.717) is 18.1 Å². The Bertz CT molecular complexity index is 964. The third-order valence-electron chi connectivity index (χ3n) is 3.64.